The Hall–Kier alpha value is -1.31. The van der Waals surface area contributed by atoms with Crippen molar-refractivity contribution in [3.8, 4) is 0 Å². The van der Waals surface area contributed by atoms with Crippen molar-refractivity contribution < 1.29 is 17.9 Å². The van der Waals surface area contributed by atoms with Crippen molar-refractivity contribution in [1.82, 2.24) is 4.31 Å². The summed E-state index contributed by atoms with van der Waals surface area (Å²) in [7, 11) is -3.94. The molecule has 0 spiro atoms. The zero-order valence-electron chi connectivity index (χ0n) is 11.6. The number of ether oxygens (including phenoxy) is 1. The Morgan fingerprint density at radius 2 is 2.24 bits per heavy atom. The third-order valence-corrected chi connectivity index (χ3v) is 5.78. The maximum atomic E-state index is 12.7. The van der Waals surface area contributed by atoms with Crippen molar-refractivity contribution >= 4 is 33.3 Å². The van der Waals surface area contributed by atoms with Gasteiger partial charge in [-0.05, 0) is 31.9 Å². The van der Waals surface area contributed by atoms with Gasteiger partial charge in [-0.2, -0.15) is 4.31 Å². The highest BCUT2D eigenvalue weighted by Gasteiger charge is 2.41. The first-order valence-electron chi connectivity index (χ1n) is 6.62. The normalized spacial score (nSPS) is 19.6. The second-order valence-corrected chi connectivity index (χ2v) is 6.92. The molecule has 1 aliphatic heterocycles. The molecule has 116 valence electrons. The Balaban J connectivity index is 2.41. The van der Waals surface area contributed by atoms with Gasteiger partial charge in [0.1, 0.15) is 10.9 Å². The van der Waals surface area contributed by atoms with Gasteiger partial charge in [0.2, 0.25) is 10.0 Å². The molecule has 0 saturated carbocycles. The fraction of sp³-hybridized carbons (Fsp3) is 0.462. The molecule has 2 N–H and O–H groups in total. The Kier molecular flexibility index (Phi) is 4.75. The van der Waals surface area contributed by atoms with Crippen molar-refractivity contribution in [1.29, 1.82) is 0 Å². The average molecular weight is 333 g/mol. The molecule has 0 bridgehead atoms. The van der Waals surface area contributed by atoms with Gasteiger partial charge >= 0.3 is 5.97 Å². The number of rotatable bonds is 4. The number of carbonyl (C=O) groups excluding carboxylic acids is 1. The number of anilines is 1. The lowest BCUT2D eigenvalue weighted by atomic mass is 10.2. The van der Waals surface area contributed by atoms with Gasteiger partial charge in [0.25, 0.3) is 0 Å². The number of benzene rings is 1. The lowest BCUT2D eigenvalue weighted by Gasteiger charge is -2.23. The zero-order valence-corrected chi connectivity index (χ0v) is 13.2. The van der Waals surface area contributed by atoms with Crippen molar-refractivity contribution in [2.24, 2.45) is 0 Å². The average Bonchev–Trinajstić information content (AvgIpc) is 2.88. The number of nitrogens with zero attached hydrogens (tertiary/aromatic N) is 1. The quantitative estimate of drug-likeness (QED) is 0.668. The van der Waals surface area contributed by atoms with Crippen LogP contribution in [0.5, 0.6) is 0 Å². The van der Waals surface area contributed by atoms with E-state index in [2.05, 4.69) is 0 Å². The first kappa shape index (κ1) is 16.1. The number of hydrogen-bond acceptors (Lipinski definition) is 5. The Labute approximate surface area is 128 Å². The van der Waals surface area contributed by atoms with Crippen molar-refractivity contribution in [2.75, 3.05) is 18.9 Å². The van der Waals surface area contributed by atoms with Crippen LogP contribution >= 0.6 is 11.6 Å². The van der Waals surface area contributed by atoms with Crippen LogP contribution in [-0.4, -0.2) is 37.9 Å². The van der Waals surface area contributed by atoms with Gasteiger partial charge in [-0.25, -0.2) is 8.42 Å². The van der Waals surface area contributed by atoms with Crippen LogP contribution in [0.3, 0.4) is 0 Å². The van der Waals surface area contributed by atoms with Gasteiger partial charge < -0.3 is 10.5 Å². The van der Waals surface area contributed by atoms with Crippen LogP contribution in [0.2, 0.25) is 5.02 Å². The number of hydrogen-bond donors (Lipinski definition) is 1. The van der Waals surface area contributed by atoms with Crippen LogP contribution in [0.25, 0.3) is 0 Å². The number of esters is 1. The molecule has 1 aromatic carbocycles. The molecule has 1 aliphatic rings. The molecule has 0 radical (unpaired) electrons. The van der Waals surface area contributed by atoms with Crippen LogP contribution in [0.1, 0.15) is 19.8 Å². The molecule has 0 aliphatic carbocycles. The van der Waals surface area contributed by atoms with Gasteiger partial charge in [-0.3, -0.25) is 4.79 Å². The predicted octanol–water partition coefficient (Wildman–Crippen LogP) is 1.64. The van der Waals surface area contributed by atoms with Gasteiger partial charge in [0, 0.05) is 6.54 Å². The second kappa shape index (κ2) is 6.21. The number of nitrogen functional groups attached to an aromatic ring is 1. The van der Waals surface area contributed by atoms with Gasteiger partial charge in [0.15, 0.2) is 0 Å². The van der Waals surface area contributed by atoms with Crippen LogP contribution in [0.4, 0.5) is 5.69 Å². The smallest absolute Gasteiger partial charge is 0.324 e. The largest absolute Gasteiger partial charge is 0.465 e. The van der Waals surface area contributed by atoms with E-state index in [1.54, 1.807) is 13.0 Å². The maximum absolute atomic E-state index is 12.7. The zero-order chi connectivity index (χ0) is 15.6. The van der Waals surface area contributed by atoms with E-state index in [0.29, 0.717) is 12.8 Å². The summed E-state index contributed by atoms with van der Waals surface area (Å²) in [5.74, 6) is -0.538. The third kappa shape index (κ3) is 3.00. The fourth-order valence-corrected chi connectivity index (χ4v) is 4.70. The predicted molar refractivity (Wildman–Crippen MR) is 79.4 cm³/mol. The Bertz CT molecular complexity index is 627. The first-order valence-corrected chi connectivity index (χ1v) is 8.44. The van der Waals surface area contributed by atoms with E-state index in [1.165, 1.54) is 12.1 Å². The van der Waals surface area contributed by atoms with Crippen molar-refractivity contribution in [2.45, 2.75) is 30.7 Å². The highest BCUT2D eigenvalue weighted by Crippen LogP contribution is 2.34. The molecule has 6 nitrogen and oxygen atoms in total. The molecule has 1 heterocycles. The Morgan fingerprint density at radius 1 is 1.52 bits per heavy atom. The molecule has 1 unspecified atom stereocenters. The molecule has 1 saturated heterocycles. The summed E-state index contributed by atoms with van der Waals surface area (Å²) in [6, 6.07) is 3.68. The second-order valence-electron chi connectivity index (χ2n) is 4.68. The minimum absolute atomic E-state index is 0.0458. The van der Waals surface area contributed by atoms with Gasteiger partial charge in [-0.1, -0.05) is 17.7 Å². The molecule has 21 heavy (non-hydrogen) atoms. The SMILES string of the molecule is CCOC(=O)C1CCCN1S(=O)(=O)c1c(N)cccc1Cl. The fourth-order valence-electron chi connectivity index (χ4n) is 2.42. The lowest BCUT2D eigenvalue weighted by Crippen LogP contribution is -2.41. The molecule has 1 atom stereocenters. The summed E-state index contributed by atoms with van der Waals surface area (Å²) in [5, 5.41) is 0.0458. The van der Waals surface area contributed by atoms with E-state index in [4.69, 9.17) is 22.1 Å². The molecule has 0 aromatic heterocycles. The number of carbonyl (C=O) groups is 1. The molecule has 2 rings (SSSR count). The van der Waals surface area contributed by atoms with Crippen LogP contribution < -0.4 is 5.73 Å². The van der Waals surface area contributed by atoms with Crippen molar-refractivity contribution in [3.05, 3.63) is 23.2 Å². The molecular weight excluding hydrogens is 316 g/mol. The van der Waals surface area contributed by atoms with Crippen LogP contribution in [0.15, 0.2) is 23.1 Å². The molecule has 1 aromatic rings. The summed E-state index contributed by atoms with van der Waals surface area (Å²) in [4.78, 5) is 11.8. The molecular formula is C13H17ClN2O4S. The van der Waals surface area contributed by atoms with E-state index in [9.17, 15) is 13.2 Å². The summed E-state index contributed by atoms with van der Waals surface area (Å²) in [5.41, 5.74) is 5.82. The lowest BCUT2D eigenvalue weighted by molar-refractivity contribution is -0.146. The number of sulfonamides is 1. The topological polar surface area (TPSA) is 89.7 Å². The van der Waals surface area contributed by atoms with Gasteiger partial charge in [0.05, 0.1) is 17.3 Å². The molecule has 0 amide bonds. The standard InChI is InChI=1S/C13H17ClN2O4S/c1-2-20-13(17)11-7-4-8-16(11)21(18,19)12-9(14)5-3-6-10(12)15/h3,5-6,11H,2,4,7-8,15H2,1H3. The highest BCUT2D eigenvalue weighted by molar-refractivity contribution is 7.89. The minimum atomic E-state index is -3.94. The number of nitrogens with two attached hydrogens (primary N) is 1. The van der Waals surface area contributed by atoms with E-state index in [-0.39, 0.29) is 28.8 Å². The third-order valence-electron chi connectivity index (χ3n) is 3.33. The number of halogens is 1. The van der Waals surface area contributed by atoms with E-state index in [1.807, 2.05) is 0 Å². The molecule has 8 heteroatoms. The summed E-state index contributed by atoms with van der Waals surface area (Å²) in [6.45, 7) is 2.13. The molecule has 1 fully saturated rings. The minimum Gasteiger partial charge on any atom is -0.465 e. The maximum Gasteiger partial charge on any atom is 0.324 e. The first-order chi connectivity index (χ1) is 9.89. The highest BCUT2D eigenvalue weighted by atomic mass is 35.5. The van der Waals surface area contributed by atoms with E-state index in [0.717, 1.165) is 4.31 Å². The summed E-state index contributed by atoms with van der Waals surface area (Å²) < 4.78 is 31.6. The van der Waals surface area contributed by atoms with E-state index >= 15 is 0 Å². The van der Waals surface area contributed by atoms with Crippen LogP contribution in [0, 0.1) is 0 Å². The summed E-state index contributed by atoms with van der Waals surface area (Å²) >= 11 is 5.98. The van der Waals surface area contributed by atoms with Crippen LogP contribution in [-0.2, 0) is 19.6 Å². The Morgan fingerprint density at radius 3 is 2.86 bits per heavy atom. The monoisotopic (exact) mass is 332 g/mol. The summed E-state index contributed by atoms with van der Waals surface area (Å²) in [6.07, 6.45) is 1.02. The van der Waals surface area contributed by atoms with Gasteiger partial charge in [-0.15, -0.1) is 0 Å². The van der Waals surface area contributed by atoms with E-state index < -0.39 is 22.0 Å². The van der Waals surface area contributed by atoms with Crippen molar-refractivity contribution in [3.63, 3.8) is 0 Å².